The molecular weight excluding hydrogens is 434 g/mol. The fourth-order valence-corrected chi connectivity index (χ4v) is 3.68. The Balaban J connectivity index is 2.05. The summed E-state index contributed by atoms with van der Waals surface area (Å²) in [5, 5.41) is 3.54. The van der Waals surface area contributed by atoms with Crippen molar-refractivity contribution in [1.82, 2.24) is 5.32 Å². The van der Waals surface area contributed by atoms with E-state index >= 15 is 0 Å². The minimum Gasteiger partial charge on any atom is -0.306 e. The van der Waals surface area contributed by atoms with Gasteiger partial charge in [0.15, 0.2) is 0 Å². The maximum absolute atomic E-state index is 3.61. The molecule has 2 rings (SSSR count). The Labute approximate surface area is 139 Å². The molecule has 100 valence electrons. The third kappa shape index (κ3) is 4.15. The maximum atomic E-state index is 3.61. The van der Waals surface area contributed by atoms with Crippen molar-refractivity contribution in [3.05, 3.63) is 67.0 Å². The SMILES string of the molecule is CC(NCc1ccccc1Br)c1ccc(Br)cc1Br. The van der Waals surface area contributed by atoms with E-state index in [1.54, 1.807) is 0 Å². The van der Waals surface area contributed by atoms with Crippen LogP contribution in [0.25, 0.3) is 0 Å². The second-order valence-electron chi connectivity index (χ2n) is 4.36. The molecule has 0 heterocycles. The zero-order valence-corrected chi connectivity index (χ0v) is 15.2. The minimum atomic E-state index is 0.287. The van der Waals surface area contributed by atoms with Crippen molar-refractivity contribution in [3.8, 4) is 0 Å². The lowest BCUT2D eigenvalue weighted by molar-refractivity contribution is 0.572. The van der Waals surface area contributed by atoms with E-state index in [0.29, 0.717) is 0 Å². The molecule has 0 saturated carbocycles. The number of hydrogen-bond acceptors (Lipinski definition) is 1. The van der Waals surface area contributed by atoms with Crippen LogP contribution >= 0.6 is 47.8 Å². The first kappa shape index (κ1) is 15.2. The number of hydrogen-bond donors (Lipinski definition) is 1. The number of halogens is 3. The van der Waals surface area contributed by atoms with Crippen LogP contribution in [0.3, 0.4) is 0 Å². The Morgan fingerprint density at radius 2 is 1.74 bits per heavy atom. The first-order valence-electron chi connectivity index (χ1n) is 5.99. The quantitative estimate of drug-likeness (QED) is 0.622. The predicted molar refractivity (Wildman–Crippen MR) is 91.2 cm³/mol. The van der Waals surface area contributed by atoms with Crippen molar-refractivity contribution in [2.75, 3.05) is 0 Å². The lowest BCUT2D eigenvalue weighted by Crippen LogP contribution is -2.18. The van der Waals surface area contributed by atoms with E-state index in [4.69, 9.17) is 0 Å². The smallest absolute Gasteiger partial charge is 0.0306 e. The number of benzene rings is 2. The molecular formula is C15H14Br3N. The predicted octanol–water partition coefficient (Wildman–Crippen LogP) is 5.82. The molecule has 0 bridgehead atoms. The van der Waals surface area contributed by atoms with Gasteiger partial charge in [-0.05, 0) is 36.2 Å². The molecule has 1 unspecified atom stereocenters. The van der Waals surface area contributed by atoms with Crippen molar-refractivity contribution in [3.63, 3.8) is 0 Å². The zero-order chi connectivity index (χ0) is 13.8. The highest BCUT2D eigenvalue weighted by Gasteiger charge is 2.09. The van der Waals surface area contributed by atoms with Crippen molar-refractivity contribution in [1.29, 1.82) is 0 Å². The van der Waals surface area contributed by atoms with Crippen LogP contribution in [0.15, 0.2) is 55.9 Å². The van der Waals surface area contributed by atoms with Gasteiger partial charge in [0.1, 0.15) is 0 Å². The molecule has 0 saturated heterocycles. The molecule has 0 spiro atoms. The maximum Gasteiger partial charge on any atom is 0.0306 e. The Kier molecular flexibility index (Phi) is 5.63. The van der Waals surface area contributed by atoms with Gasteiger partial charge >= 0.3 is 0 Å². The molecule has 0 radical (unpaired) electrons. The van der Waals surface area contributed by atoms with Gasteiger partial charge in [-0.25, -0.2) is 0 Å². The Morgan fingerprint density at radius 3 is 2.42 bits per heavy atom. The lowest BCUT2D eigenvalue weighted by atomic mass is 10.1. The third-order valence-corrected chi connectivity index (χ3v) is 4.94. The molecule has 0 aliphatic rings. The molecule has 0 aliphatic heterocycles. The van der Waals surface area contributed by atoms with Crippen LogP contribution in [0.5, 0.6) is 0 Å². The van der Waals surface area contributed by atoms with Gasteiger partial charge in [0.25, 0.3) is 0 Å². The first-order valence-corrected chi connectivity index (χ1v) is 8.37. The Bertz CT molecular complexity index is 569. The summed E-state index contributed by atoms with van der Waals surface area (Å²) in [4.78, 5) is 0. The van der Waals surface area contributed by atoms with E-state index in [2.05, 4.69) is 96.4 Å². The van der Waals surface area contributed by atoms with Gasteiger partial charge < -0.3 is 5.32 Å². The van der Waals surface area contributed by atoms with Crippen molar-refractivity contribution in [2.45, 2.75) is 19.5 Å². The molecule has 19 heavy (non-hydrogen) atoms. The summed E-state index contributed by atoms with van der Waals surface area (Å²) in [6, 6.07) is 14.8. The molecule has 4 heteroatoms. The summed E-state index contributed by atoms with van der Waals surface area (Å²) >= 11 is 10.7. The van der Waals surface area contributed by atoms with Crippen LogP contribution < -0.4 is 5.32 Å². The molecule has 0 fully saturated rings. The normalized spacial score (nSPS) is 12.4. The molecule has 0 aromatic heterocycles. The van der Waals surface area contributed by atoms with E-state index in [9.17, 15) is 0 Å². The fraction of sp³-hybridized carbons (Fsp3) is 0.200. The van der Waals surface area contributed by atoms with Gasteiger partial charge in [0.05, 0.1) is 0 Å². The molecule has 1 N–H and O–H groups in total. The van der Waals surface area contributed by atoms with Crippen LogP contribution in [0, 0.1) is 0 Å². The molecule has 0 amide bonds. The first-order chi connectivity index (χ1) is 9.08. The third-order valence-electron chi connectivity index (χ3n) is 2.99. The van der Waals surface area contributed by atoms with E-state index in [1.165, 1.54) is 11.1 Å². The summed E-state index contributed by atoms with van der Waals surface area (Å²) in [7, 11) is 0. The van der Waals surface area contributed by atoms with Gasteiger partial charge in [0, 0.05) is 26.0 Å². The second-order valence-corrected chi connectivity index (χ2v) is 6.98. The molecule has 1 nitrogen and oxygen atoms in total. The molecule has 1 atom stereocenters. The van der Waals surface area contributed by atoms with Gasteiger partial charge in [-0.15, -0.1) is 0 Å². The summed E-state index contributed by atoms with van der Waals surface area (Å²) in [5.41, 5.74) is 2.53. The zero-order valence-electron chi connectivity index (χ0n) is 10.5. The van der Waals surface area contributed by atoms with Gasteiger partial charge in [0.2, 0.25) is 0 Å². The van der Waals surface area contributed by atoms with Crippen molar-refractivity contribution < 1.29 is 0 Å². The summed E-state index contributed by atoms with van der Waals surface area (Å²) in [6.45, 7) is 3.01. The highest BCUT2D eigenvalue weighted by Crippen LogP contribution is 2.27. The lowest BCUT2D eigenvalue weighted by Gasteiger charge is -2.16. The monoisotopic (exact) mass is 445 g/mol. The Hall–Kier alpha value is -0.160. The number of rotatable bonds is 4. The highest BCUT2D eigenvalue weighted by molar-refractivity contribution is 9.11. The van der Waals surface area contributed by atoms with E-state index in [-0.39, 0.29) is 6.04 Å². The van der Waals surface area contributed by atoms with Gasteiger partial charge in [-0.2, -0.15) is 0 Å². The van der Waals surface area contributed by atoms with E-state index in [0.717, 1.165) is 20.0 Å². The average Bonchev–Trinajstić information content (AvgIpc) is 2.37. The van der Waals surface area contributed by atoms with Crippen LogP contribution in [0.1, 0.15) is 24.1 Å². The van der Waals surface area contributed by atoms with Gasteiger partial charge in [-0.1, -0.05) is 72.1 Å². The van der Waals surface area contributed by atoms with Crippen LogP contribution in [-0.4, -0.2) is 0 Å². The van der Waals surface area contributed by atoms with Crippen molar-refractivity contribution in [2.24, 2.45) is 0 Å². The largest absolute Gasteiger partial charge is 0.306 e. The van der Waals surface area contributed by atoms with Gasteiger partial charge in [-0.3, -0.25) is 0 Å². The van der Waals surface area contributed by atoms with Crippen LogP contribution in [0.4, 0.5) is 0 Å². The van der Waals surface area contributed by atoms with E-state index < -0.39 is 0 Å². The Morgan fingerprint density at radius 1 is 1.00 bits per heavy atom. The molecule has 0 aliphatic carbocycles. The summed E-state index contributed by atoms with van der Waals surface area (Å²) in [5.74, 6) is 0. The number of nitrogens with one attached hydrogen (secondary N) is 1. The molecule has 2 aromatic carbocycles. The summed E-state index contributed by atoms with van der Waals surface area (Å²) in [6.07, 6.45) is 0. The van der Waals surface area contributed by atoms with Crippen LogP contribution in [0.2, 0.25) is 0 Å². The topological polar surface area (TPSA) is 12.0 Å². The molecule has 2 aromatic rings. The van der Waals surface area contributed by atoms with E-state index in [1.807, 2.05) is 6.07 Å². The standard InChI is InChI=1S/C15H14Br3N/c1-10(13-7-6-12(16)8-15(13)18)19-9-11-4-2-3-5-14(11)17/h2-8,10,19H,9H2,1H3. The fourth-order valence-electron chi connectivity index (χ4n) is 1.87. The van der Waals surface area contributed by atoms with Crippen molar-refractivity contribution >= 4 is 47.8 Å². The second kappa shape index (κ2) is 7.02. The highest BCUT2D eigenvalue weighted by atomic mass is 79.9. The summed E-state index contributed by atoms with van der Waals surface area (Å²) < 4.78 is 3.35. The minimum absolute atomic E-state index is 0.287. The average molecular weight is 448 g/mol. The van der Waals surface area contributed by atoms with Crippen LogP contribution in [-0.2, 0) is 6.54 Å².